The molecule has 0 spiro atoms. The molecule has 3 aromatic rings. The van der Waals surface area contributed by atoms with Crippen LogP contribution in [0, 0.1) is 0 Å². The first-order chi connectivity index (χ1) is 14.4. The molecule has 1 saturated heterocycles. The summed E-state index contributed by atoms with van der Waals surface area (Å²) >= 11 is 0. The maximum absolute atomic E-state index is 10.6. The van der Waals surface area contributed by atoms with Gasteiger partial charge in [0, 0.05) is 16.8 Å². The predicted molar refractivity (Wildman–Crippen MR) is 107 cm³/mol. The van der Waals surface area contributed by atoms with Gasteiger partial charge >= 0.3 is 5.97 Å². The number of para-hydroxylation sites is 1. The third-order valence-electron chi connectivity index (χ3n) is 4.91. The molecule has 0 saturated carbocycles. The van der Waals surface area contributed by atoms with Gasteiger partial charge in [0.05, 0.1) is 18.3 Å². The van der Waals surface area contributed by atoms with E-state index in [4.69, 9.17) is 9.47 Å². The number of hydrogen-bond acceptors (Lipinski definition) is 9. The number of ether oxygens (including phenoxy) is 2. The number of nitrogens with one attached hydrogen (secondary N) is 1. The number of nitrogens with zero attached hydrogens (tertiary/aromatic N) is 1. The summed E-state index contributed by atoms with van der Waals surface area (Å²) in [5, 5.41) is 53.7. The van der Waals surface area contributed by atoms with Gasteiger partial charge in [0.25, 0.3) is 0 Å². The Balaban J connectivity index is 1.59. The fraction of sp³-hybridized carbons (Fsp3) is 0.286. The molecule has 0 amide bonds. The molecule has 2 aromatic carbocycles. The number of aliphatic hydroxyl groups is 5. The van der Waals surface area contributed by atoms with Gasteiger partial charge in [-0.15, -0.1) is 0 Å². The van der Waals surface area contributed by atoms with E-state index in [0.717, 1.165) is 11.4 Å². The highest BCUT2D eigenvalue weighted by Crippen LogP contribution is 2.32. The first-order valence-corrected chi connectivity index (χ1v) is 9.36. The minimum atomic E-state index is -2.68. The first kappa shape index (κ1) is 20.5. The van der Waals surface area contributed by atoms with Crippen molar-refractivity contribution in [2.24, 2.45) is 0 Å². The van der Waals surface area contributed by atoms with Crippen LogP contribution in [0.25, 0.3) is 10.9 Å². The van der Waals surface area contributed by atoms with Crippen molar-refractivity contribution in [3.05, 3.63) is 60.8 Å². The summed E-state index contributed by atoms with van der Waals surface area (Å²) in [7, 11) is 0. The molecule has 1 aliphatic heterocycles. The van der Waals surface area contributed by atoms with Crippen molar-refractivity contribution in [3.8, 4) is 5.75 Å². The molecule has 1 aliphatic rings. The summed E-state index contributed by atoms with van der Waals surface area (Å²) in [6.45, 7) is -0.693. The highest BCUT2D eigenvalue weighted by Gasteiger charge is 2.55. The Hall–Kier alpha value is -2.79. The van der Waals surface area contributed by atoms with Crippen LogP contribution in [-0.2, 0) is 4.74 Å². The molecule has 0 aliphatic carbocycles. The summed E-state index contributed by atoms with van der Waals surface area (Å²) in [5.41, 5.74) is 2.38. The minimum Gasteiger partial charge on any atom is -0.435 e. The van der Waals surface area contributed by atoms with Crippen LogP contribution in [-0.4, -0.2) is 67.5 Å². The Morgan fingerprint density at radius 3 is 2.50 bits per heavy atom. The van der Waals surface area contributed by atoms with E-state index < -0.39 is 37.0 Å². The second-order valence-electron chi connectivity index (χ2n) is 7.07. The molecule has 9 nitrogen and oxygen atoms in total. The average Bonchev–Trinajstić information content (AvgIpc) is 2.75. The van der Waals surface area contributed by atoms with E-state index in [0.29, 0.717) is 10.9 Å². The topological polar surface area (TPSA) is 145 Å². The molecule has 5 atom stereocenters. The monoisotopic (exact) mass is 414 g/mol. The molecule has 4 rings (SSSR count). The average molecular weight is 414 g/mol. The summed E-state index contributed by atoms with van der Waals surface area (Å²) in [4.78, 5) is 4.26. The minimum absolute atomic E-state index is 0.0567. The van der Waals surface area contributed by atoms with E-state index in [1.807, 2.05) is 48.5 Å². The Morgan fingerprint density at radius 2 is 1.77 bits per heavy atom. The zero-order valence-corrected chi connectivity index (χ0v) is 15.8. The molecular weight excluding hydrogens is 392 g/mol. The van der Waals surface area contributed by atoms with Gasteiger partial charge in [0.2, 0.25) is 0 Å². The lowest BCUT2D eigenvalue weighted by atomic mass is 9.98. The zero-order chi connectivity index (χ0) is 21.3. The number of pyridine rings is 1. The molecule has 0 radical (unpaired) electrons. The van der Waals surface area contributed by atoms with E-state index in [1.165, 1.54) is 6.20 Å². The molecule has 1 fully saturated rings. The van der Waals surface area contributed by atoms with Gasteiger partial charge in [-0.1, -0.05) is 18.2 Å². The fourth-order valence-electron chi connectivity index (χ4n) is 3.31. The number of benzene rings is 2. The van der Waals surface area contributed by atoms with Crippen LogP contribution in [0.1, 0.15) is 0 Å². The quantitative estimate of drug-likeness (QED) is 0.328. The van der Waals surface area contributed by atoms with Crippen LogP contribution in [0.5, 0.6) is 5.75 Å². The number of hydrogen-bond donors (Lipinski definition) is 6. The number of anilines is 2. The van der Waals surface area contributed by atoms with Crippen molar-refractivity contribution in [3.63, 3.8) is 0 Å². The van der Waals surface area contributed by atoms with Gasteiger partial charge in [-0.05, 0) is 36.4 Å². The second kappa shape index (κ2) is 8.15. The van der Waals surface area contributed by atoms with Crippen molar-refractivity contribution in [1.29, 1.82) is 0 Å². The van der Waals surface area contributed by atoms with Crippen molar-refractivity contribution in [2.45, 2.75) is 30.4 Å². The van der Waals surface area contributed by atoms with Gasteiger partial charge in [-0.25, -0.2) is 0 Å². The molecule has 6 N–H and O–H groups in total. The smallest absolute Gasteiger partial charge is 0.355 e. The SMILES string of the molecule is OC[C@H]1O[C@](O)(Oc2cnc3ccc(Nc4ccccc4)cc3c2)[C@H](O)[C@@H](O)[C@@H]1O. The largest absolute Gasteiger partial charge is 0.435 e. The Labute approximate surface area is 171 Å². The van der Waals surface area contributed by atoms with Gasteiger partial charge in [-0.3, -0.25) is 4.98 Å². The lowest BCUT2D eigenvalue weighted by molar-refractivity contribution is -0.422. The number of aromatic nitrogens is 1. The van der Waals surface area contributed by atoms with Crippen LogP contribution in [0.15, 0.2) is 60.8 Å². The van der Waals surface area contributed by atoms with Crippen molar-refractivity contribution < 1.29 is 35.0 Å². The summed E-state index contributed by atoms with van der Waals surface area (Å²) in [6, 6.07) is 16.7. The molecule has 9 heteroatoms. The maximum atomic E-state index is 10.6. The van der Waals surface area contributed by atoms with Crippen molar-refractivity contribution in [2.75, 3.05) is 11.9 Å². The highest BCUT2D eigenvalue weighted by molar-refractivity contribution is 5.84. The van der Waals surface area contributed by atoms with Gasteiger partial charge in [0.15, 0.2) is 6.10 Å². The van der Waals surface area contributed by atoms with Crippen LogP contribution in [0.4, 0.5) is 11.4 Å². The molecule has 0 unspecified atom stereocenters. The maximum Gasteiger partial charge on any atom is 0.355 e. The third kappa shape index (κ3) is 3.94. The van der Waals surface area contributed by atoms with E-state index in [9.17, 15) is 25.5 Å². The summed E-state index contributed by atoms with van der Waals surface area (Å²) in [6.07, 6.45) is -5.36. The van der Waals surface area contributed by atoms with Crippen LogP contribution < -0.4 is 10.1 Å². The third-order valence-corrected chi connectivity index (χ3v) is 4.91. The lowest BCUT2D eigenvalue weighted by Crippen LogP contribution is -2.67. The van der Waals surface area contributed by atoms with E-state index in [1.54, 1.807) is 6.07 Å². The summed E-state index contributed by atoms with van der Waals surface area (Å²) in [5.74, 6) is -2.62. The van der Waals surface area contributed by atoms with E-state index in [-0.39, 0.29) is 5.75 Å². The number of fused-ring (bicyclic) bond motifs is 1. The standard InChI is InChI=1S/C21H22N2O7/c24-11-17-18(25)19(26)20(27)21(28,30-17)29-15-9-12-8-14(6-7-16(12)22-10-15)23-13-4-2-1-3-5-13/h1-10,17-20,23-28H,11H2/t17-,18-,19+,20-,21-/m1/s1. The fourth-order valence-corrected chi connectivity index (χ4v) is 3.31. The molecule has 30 heavy (non-hydrogen) atoms. The van der Waals surface area contributed by atoms with E-state index in [2.05, 4.69) is 10.3 Å². The van der Waals surface area contributed by atoms with Crippen molar-refractivity contribution >= 4 is 22.3 Å². The van der Waals surface area contributed by atoms with Crippen LogP contribution in [0.3, 0.4) is 0 Å². The first-order valence-electron chi connectivity index (χ1n) is 9.36. The predicted octanol–water partition coefficient (Wildman–Crippen LogP) is 0.477. The molecule has 158 valence electrons. The van der Waals surface area contributed by atoms with Gasteiger partial charge in [-0.2, -0.15) is 0 Å². The lowest BCUT2D eigenvalue weighted by Gasteiger charge is -2.44. The zero-order valence-electron chi connectivity index (χ0n) is 15.8. The molecular formula is C21H22N2O7. The van der Waals surface area contributed by atoms with E-state index >= 15 is 0 Å². The van der Waals surface area contributed by atoms with Crippen LogP contribution in [0.2, 0.25) is 0 Å². The second-order valence-corrected chi connectivity index (χ2v) is 7.07. The van der Waals surface area contributed by atoms with Crippen molar-refractivity contribution in [1.82, 2.24) is 4.98 Å². The Morgan fingerprint density at radius 1 is 1.00 bits per heavy atom. The highest BCUT2D eigenvalue weighted by atomic mass is 16.8. The van der Waals surface area contributed by atoms with Gasteiger partial charge in [0.1, 0.15) is 24.1 Å². The normalized spacial score (nSPS) is 29.0. The Kier molecular flexibility index (Phi) is 5.56. The molecule has 2 heterocycles. The van der Waals surface area contributed by atoms with Gasteiger partial charge < -0.3 is 40.3 Å². The number of rotatable bonds is 5. The summed E-state index contributed by atoms with van der Waals surface area (Å²) < 4.78 is 10.5. The number of aliphatic hydroxyl groups excluding tert-OH is 4. The van der Waals surface area contributed by atoms with Crippen LogP contribution >= 0.6 is 0 Å². The molecule has 1 aromatic heterocycles. The Bertz CT molecular complexity index is 1020. The molecule has 0 bridgehead atoms.